The molecule has 0 N–H and O–H groups in total. The fraction of sp³-hybridized carbons (Fsp3) is 0.233. The quantitative estimate of drug-likeness (QED) is 0.299. The van der Waals surface area contributed by atoms with E-state index in [4.69, 9.17) is 0 Å². The maximum atomic E-state index is 13.5. The van der Waals surface area contributed by atoms with Gasteiger partial charge in [0.25, 0.3) is 5.56 Å². The second-order valence-corrected chi connectivity index (χ2v) is 9.51. The van der Waals surface area contributed by atoms with Crippen LogP contribution in [0.3, 0.4) is 0 Å². The lowest BCUT2D eigenvalue weighted by atomic mass is 10.0. The number of aromatic nitrogens is 2. The molecule has 0 spiro atoms. The molecule has 3 aromatic carbocycles. The number of hydrogen-bond donors (Lipinski definition) is 0. The summed E-state index contributed by atoms with van der Waals surface area (Å²) in [7, 11) is 0. The number of alkyl halides is 3. The summed E-state index contributed by atoms with van der Waals surface area (Å²) in [5.41, 5.74) is 1.62. The highest BCUT2D eigenvalue weighted by Gasteiger charge is 2.31. The fourth-order valence-corrected chi connectivity index (χ4v) is 4.73. The lowest BCUT2D eigenvalue weighted by Gasteiger charge is -2.36. The van der Waals surface area contributed by atoms with E-state index in [1.165, 1.54) is 22.9 Å². The Balaban J connectivity index is 1.30. The van der Waals surface area contributed by atoms with Gasteiger partial charge in [0.05, 0.1) is 23.4 Å². The molecule has 5 rings (SSSR count). The van der Waals surface area contributed by atoms with Crippen LogP contribution in [0.25, 0.3) is 22.4 Å². The number of carbonyl (C=O) groups excluding carboxylic acids is 1. The van der Waals surface area contributed by atoms with Crippen molar-refractivity contribution in [2.24, 2.45) is 0 Å². The molecule has 1 saturated heterocycles. The number of rotatable bonds is 6. The maximum Gasteiger partial charge on any atom is 0.416 e. The monoisotopic (exact) mass is 550 g/mol. The van der Waals surface area contributed by atoms with Gasteiger partial charge in [-0.15, -0.1) is 0 Å². The Morgan fingerprint density at radius 1 is 0.825 bits per heavy atom. The number of benzene rings is 3. The number of hydrogen-bond acceptors (Lipinski definition) is 4. The van der Waals surface area contributed by atoms with Crippen LogP contribution in [0.15, 0.2) is 89.7 Å². The van der Waals surface area contributed by atoms with Crippen LogP contribution in [0.5, 0.6) is 0 Å². The Labute approximate surface area is 228 Å². The topological polar surface area (TPSA) is 58.4 Å². The maximum absolute atomic E-state index is 13.5. The van der Waals surface area contributed by atoms with Gasteiger partial charge in [0.2, 0.25) is 5.91 Å². The van der Waals surface area contributed by atoms with E-state index in [1.807, 2.05) is 35.2 Å². The third kappa shape index (κ3) is 6.06. The van der Waals surface area contributed by atoms with Crippen molar-refractivity contribution in [1.29, 1.82) is 0 Å². The third-order valence-electron chi connectivity index (χ3n) is 6.91. The van der Waals surface area contributed by atoms with Crippen molar-refractivity contribution in [3.8, 4) is 22.4 Å². The first-order valence-electron chi connectivity index (χ1n) is 12.8. The predicted molar refractivity (Wildman–Crippen MR) is 144 cm³/mol. The molecule has 1 aromatic heterocycles. The van der Waals surface area contributed by atoms with E-state index < -0.39 is 11.7 Å². The average Bonchev–Trinajstić information content (AvgIpc) is 2.97. The normalized spacial score (nSPS) is 13.9. The molecule has 6 nitrogen and oxygen atoms in total. The second-order valence-electron chi connectivity index (χ2n) is 9.51. The van der Waals surface area contributed by atoms with Crippen molar-refractivity contribution in [2.75, 3.05) is 31.1 Å². The van der Waals surface area contributed by atoms with Crippen LogP contribution in [-0.2, 0) is 17.5 Å². The molecule has 0 saturated carbocycles. The largest absolute Gasteiger partial charge is 0.416 e. The smallest absolute Gasteiger partial charge is 0.368 e. The van der Waals surface area contributed by atoms with Gasteiger partial charge in [0.1, 0.15) is 5.82 Å². The molecular formula is C30H26F4N4O2. The van der Waals surface area contributed by atoms with Crippen molar-refractivity contribution in [1.82, 2.24) is 14.7 Å². The van der Waals surface area contributed by atoms with Crippen LogP contribution >= 0.6 is 0 Å². The minimum atomic E-state index is -4.42. The molecule has 1 fully saturated rings. The van der Waals surface area contributed by atoms with Gasteiger partial charge in [0, 0.05) is 43.9 Å². The van der Waals surface area contributed by atoms with Crippen LogP contribution in [-0.4, -0.2) is 46.8 Å². The van der Waals surface area contributed by atoms with Crippen molar-refractivity contribution in [2.45, 2.75) is 19.1 Å². The van der Waals surface area contributed by atoms with Gasteiger partial charge in [-0.05, 0) is 54.1 Å². The molecule has 10 heteroatoms. The minimum Gasteiger partial charge on any atom is -0.368 e. The first-order valence-corrected chi connectivity index (χ1v) is 12.8. The summed E-state index contributed by atoms with van der Waals surface area (Å²) in [6.45, 7) is 1.53. The van der Waals surface area contributed by atoms with Gasteiger partial charge < -0.3 is 9.80 Å². The highest BCUT2D eigenvalue weighted by molar-refractivity contribution is 5.76. The Morgan fingerprint density at radius 2 is 1.52 bits per heavy atom. The summed E-state index contributed by atoms with van der Waals surface area (Å²) >= 11 is 0. The predicted octanol–water partition coefficient (Wildman–Crippen LogP) is 5.47. The van der Waals surface area contributed by atoms with Gasteiger partial charge in [-0.3, -0.25) is 9.59 Å². The Morgan fingerprint density at radius 3 is 2.20 bits per heavy atom. The van der Waals surface area contributed by atoms with E-state index in [0.29, 0.717) is 54.3 Å². The van der Waals surface area contributed by atoms with E-state index in [9.17, 15) is 27.2 Å². The molecular weight excluding hydrogens is 524 g/mol. The zero-order valence-corrected chi connectivity index (χ0v) is 21.4. The molecule has 0 bridgehead atoms. The summed E-state index contributed by atoms with van der Waals surface area (Å²) < 4.78 is 54.1. The first kappa shape index (κ1) is 27.1. The fourth-order valence-electron chi connectivity index (χ4n) is 4.73. The van der Waals surface area contributed by atoms with E-state index in [-0.39, 0.29) is 30.2 Å². The molecule has 0 radical (unpaired) electrons. The number of aryl methyl sites for hydroxylation is 1. The Kier molecular flexibility index (Phi) is 7.68. The van der Waals surface area contributed by atoms with Gasteiger partial charge in [-0.2, -0.15) is 18.3 Å². The van der Waals surface area contributed by atoms with Crippen molar-refractivity contribution in [3.63, 3.8) is 0 Å². The van der Waals surface area contributed by atoms with Crippen LogP contribution < -0.4 is 10.5 Å². The highest BCUT2D eigenvalue weighted by atomic mass is 19.4. The number of halogens is 4. The summed E-state index contributed by atoms with van der Waals surface area (Å²) in [5, 5.41) is 4.47. The molecule has 4 aromatic rings. The number of anilines is 1. The van der Waals surface area contributed by atoms with E-state index in [1.54, 1.807) is 29.2 Å². The number of piperazine rings is 1. The first-order chi connectivity index (χ1) is 19.2. The number of nitrogens with zero attached hydrogens (tertiary/aromatic N) is 4. The lowest BCUT2D eigenvalue weighted by molar-refractivity contribution is -0.137. The molecule has 0 aliphatic carbocycles. The van der Waals surface area contributed by atoms with Crippen molar-refractivity contribution >= 4 is 11.6 Å². The van der Waals surface area contributed by atoms with E-state index in [2.05, 4.69) is 5.10 Å². The molecule has 40 heavy (non-hydrogen) atoms. The van der Waals surface area contributed by atoms with Gasteiger partial charge in [0.15, 0.2) is 0 Å². The molecule has 1 aliphatic rings. The van der Waals surface area contributed by atoms with Gasteiger partial charge in [-0.1, -0.05) is 36.4 Å². The standard InChI is InChI=1S/C30H26F4N4O2/c31-24-11-9-22(10-12-24)27-20-26(21-5-2-1-3-6-21)29(40)38(35-27)14-13-28(39)37-17-15-36(16-18-37)25-8-4-7-23(19-25)30(32,33)34/h1-12,19-20H,13-18H2. The number of amides is 1. The third-order valence-corrected chi connectivity index (χ3v) is 6.91. The second kappa shape index (κ2) is 11.3. The van der Waals surface area contributed by atoms with Crippen molar-refractivity contribution in [3.05, 3.63) is 107 Å². The van der Waals surface area contributed by atoms with Gasteiger partial charge in [-0.25, -0.2) is 9.07 Å². The SMILES string of the molecule is O=C(CCn1nc(-c2ccc(F)cc2)cc(-c2ccccc2)c1=O)N1CCN(c2cccc(C(F)(F)F)c2)CC1. The molecule has 2 heterocycles. The average molecular weight is 551 g/mol. The van der Waals surface area contributed by atoms with Crippen LogP contribution in [0.2, 0.25) is 0 Å². The van der Waals surface area contributed by atoms with Crippen LogP contribution in [0, 0.1) is 5.82 Å². The molecule has 0 atom stereocenters. The van der Waals surface area contributed by atoms with Gasteiger partial charge >= 0.3 is 6.18 Å². The zero-order chi connectivity index (χ0) is 28.3. The molecule has 206 valence electrons. The summed E-state index contributed by atoms with van der Waals surface area (Å²) in [4.78, 5) is 29.8. The summed E-state index contributed by atoms with van der Waals surface area (Å²) in [6, 6.07) is 21.7. The summed E-state index contributed by atoms with van der Waals surface area (Å²) in [6.07, 6.45) is -4.40. The Bertz CT molecular complexity index is 1540. The Hall–Kier alpha value is -4.47. The van der Waals surface area contributed by atoms with E-state index >= 15 is 0 Å². The molecule has 0 unspecified atom stereocenters. The number of carbonyl (C=O) groups is 1. The van der Waals surface area contributed by atoms with Crippen LogP contribution in [0.1, 0.15) is 12.0 Å². The highest BCUT2D eigenvalue weighted by Crippen LogP contribution is 2.32. The minimum absolute atomic E-state index is 0.0254. The van der Waals surface area contributed by atoms with Crippen LogP contribution in [0.4, 0.5) is 23.2 Å². The molecule has 1 aliphatic heterocycles. The van der Waals surface area contributed by atoms with E-state index in [0.717, 1.165) is 12.1 Å². The lowest BCUT2D eigenvalue weighted by Crippen LogP contribution is -2.49. The zero-order valence-electron chi connectivity index (χ0n) is 21.4. The van der Waals surface area contributed by atoms with Crippen molar-refractivity contribution < 1.29 is 22.4 Å². The summed E-state index contributed by atoms with van der Waals surface area (Å²) in [5.74, 6) is -0.565. The molecule has 1 amide bonds.